The van der Waals surface area contributed by atoms with Gasteiger partial charge < -0.3 is 28.4 Å². The van der Waals surface area contributed by atoms with E-state index in [9.17, 15) is 19.2 Å². The van der Waals surface area contributed by atoms with Crippen molar-refractivity contribution in [1.29, 1.82) is 0 Å². The van der Waals surface area contributed by atoms with E-state index in [1.54, 1.807) is 0 Å². The van der Waals surface area contributed by atoms with Gasteiger partial charge >= 0.3 is 23.9 Å². The quantitative estimate of drug-likeness (QED) is 0.152. The molecule has 0 amide bonds. The molecule has 4 unspecified atom stereocenters. The van der Waals surface area contributed by atoms with E-state index in [1.807, 2.05) is 0 Å². The Morgan fingerprint density at radius 3 is 0.977 bits per heavy atom. The highest BCUT2D eigenvalue weighted by Crippen LogP contribution is 2.64. The molecule has 4 heterocycles. The number of hydrogen-bond donors (Lipinski definition) is 0. The predicted octanol–water partition coefficient (Wildman–Crippen LogP) is 5.47. The van der Waals surface area contributed by atoms with Crippen LogP contribution in [0, 0.1) is 0 Å². The molecule has 0 aromatic heterocycles. The largest absolute Gasteiger partial charge is 0.466 e. The first kappa shape index (κ1) is 31.9. The molecule has 4 bridgehead atoms. The summed E-state index contributed by atoms with van der Waals surface area (Å²) >= 11 is 0. The van der Waals surface area contributed by atoms with E-state index in [4.69, 9.17) is 28.4 Å². The van der Waals surface area contributed by atoms with Crippen LogP contribution in [0.4, 0.5) is 0 Å². The number of benzene rings is 1. The molecule has 44 heavy (non-hydrogen) atoms. The van der Waals surface area contributed by atoms with Crippen molar-refractivity contribution in [2.75, 3.05) is 28.4 Å². The minimum atomic E-state index is -0.831. The topological polar surface area (TPSA) is 124 Å². The minimum Gasteiger partial charge on any atom is -0.466 e. The molecule has 4 aliphatic rings. The lowest BCUT2D eigenvalue weighted by atomic mass is 9.71. The highest BCUT2D eigenvalue weighted by Gasteiger charge is 2.58. The van der Waals surface area contributed by atoms with E-state index in [1.165, 1.54) is 28.4 Å². The van der Waals surface area contributed by atoms with Crippen LogP contribution in [-0.4, -0.2) is 52.3 Å². The Hall–Kier alpha value is -3.50. The van der Waals surface area contributed by atoms with Gasteiger partial charge in [-0.1, -0.05) is 52.4 Å². The molecule has 0 aliphatic carbocycles. The molecule has 4 aliphatic heterocycles. The Balaban J connectivity index is 1.78. The Kier molecular flexibility index (Phi) is 9.60. The van der Waals surface area contributed by atoms with Crippen LogP contribution in [0.25, 0.3) is 0 Å². The molecule has 10 nitrogen and oxygen atoms in total. The highest BCUT2D eigenvalue weighted by molar-refractivity contribution is 6.06. The lowest BCUT2D eigenvalue weighted by Gasteiger charge is -2.30. The first-order valence-electron chi connectivity index (χ1n) is 15.6. The third-order valence-electron chi connectivity index (χ3n) is 9.28. The zero-order valence-corrected chi connectivity index (χ0v) is 26.5. The van der Waals surface area contributed by atoms with Crippen LogP contribution in [0.2, 0.25) is 0 Å². The van der Waals surface area contributed by atoms with Crippen molar-refractivity contribution in [2.45, 2.75) is 102 Å². The fourth-order valence-corrected chi connectivity index (χ4v) is 7.40. The number of rotatable bonds is 14. The summed E-state index contributed by atoms with van der Waals surface area (Å²) in [6, 6.07) is 0. The molecule has 0 N–H and O–H groups in total. The lowest BCUT2D eigenvalue weighted by molar-refractivity contribution is -0.139. The number of carbonyl (C=O) groups is 4. The van der Waals surface area contributed by atoms with Gasteiger partial charge in [-0.2, -0.15) is 0 Å². The van der Waals surface area contributed by atoms with Crippen LogP contribution >= 0.6 is 0 Å². The number of unbranched alkanes of at least 4 members (excludes halogenated alkanes) is 6. The van der Waals surface area contributed by atoms with Gasteiger partial charge in [0.2, 0.25) is 0 Å². The maximum Gasteiger partial charge on any atom is 0.337 e. The van der Waals surface area contributed by atoms with Gasteiger partial charge in [-0.25, -0.2) is 19.2 Å². The van der Waals surface area contributed by atoms with Crippen LogP contribution in [0.1, 0.15) is 123 Å². The first-order chi connectivity index (χ1) is 21.3. The van der Waals surface area contributed by atoms with Gasteiger partial charge in [-0.3, -0.25) is 0 Å². The van der Waals surface area contributed by atoms with Gasteiger partial charge in [-0.15, -0.1) is 0 Å². The summed E-state index contributed by atoms with van der Waals surface area (Å²) in [6.07, 6.45) is 5.90. The van der Waals surface area contributed by atoms with Gasteiger partial charge in [-0.05, 0) is 59.1 Å². The summed E-state index contributed by atoms with van der Waals surface area (Å²) in [6.45, 7) is 4.29. The standard InChI is InChI=1S/C34H42O10/c1-7-9-11-13-15-17-19-21(29-25(33(37)41-5)23(27(19)43-29)31(35)39-3)18(16-14-12-10-8-2)22-20(17)28-24(32(36)40-4)26(30(22)44-28)34(38)42-6/h27-30H,7-16H2,1-6H3. The molecule has 0 saturated carbocycles. The number of ether oxygens (including phenoxy) is 6. The molecule has 0 radical (unpaired) electrons. The summed E-state index contributed by atoms with van der Waals surface area (Å²) < 4.78 is 33.5. The van der Waals surface area contributed by atoms with Crippen molar-refractivity contribution in [1.82, 2.24) is 0 Å². The first-order valence-corrected chi connectivity index (χ1v) is 15.6. The Labute approximate surface area is 258 Å². The fourth-order valence-electron chi connectivity index (χ4n) is 7.40. The normalized spacial score (nSPS) is 22.3. The number of hydrogen-bond acceptors (Lipinski definition) is 10. The van der Waals surface area contributed by atoms with Gasteiger partial charge in [0.25, 0.3) is 0 Å². The van der Waals surface area contributed by atoms with E-state index in [2.05, 4.69) is 13.8 Å². The molecular weight excluding hydrogens is 568 g/mol. The third kappa shape index (κ3) is 4.96. The maximum atomic E-state index is 13.2. The van der Waals surface area contributed by atoms with Crippen LogP contribution in [0.5, 0.6) is 0 Å². The van der Waals surface area contributed by atoms with Crippen molar-refractivity contribution in [3.05, 3.63) is 55.7 Å². The summed E-state index contributed by atoms with van der Waals surface area (Å²) in [7, 11) is 5.11. The van der Waals surface area contributed by atoms with Crippen molar-refractivity contribution in [3.8, 4) is 0 Å². The van der Waals surface area contributed by atoms with Crippen LogP contribution < -0.4 is 0 Å². The van der Waals surface area contributed by atoms with E-state index >= 15 is 0 Å². The summed E-state index contributed by atoms with van der Waals surface area (Å²) in [5.41, 5.74) is 5.79. The van der Waals surface area contributed by atoms with Crippen molar-refractivity contribution in [3.63, 3.8) is 0 Å². The Bertz CT molecular complexity index is 1240. The molecule has 238 valence electrons. The second-order valence-electron chi connectivity index (χ2n) is 11.6. The number of esters is 4. The van der Waals surface area contributed by atoms with Crippen LogP contribution in [0.3, 0.4) is 0 Å². The average Bonchev–Trinajstić information content (AvgIpc) is 3.81. The Morgan fingerprint density at radius 2 is 0.750 bits per heavy atom. The molecule has 0 fully saturated rings. The molecule has 1 aromatic rings. The summed E-state index contributed by atoms with van der Waals surface area (Å²) in [4.78, 5) is 52.7. The minimum absolute atomic E-state index is 0.145. The Morgan fingerprint density at radius 1 is 0.477 bits per heavy atom. The molecule has 0 saturated heterocycles. The number of fused-ring (bicyclic) bond motifs is 10. The molecule has 5 rings (SSSR count). The van der Waals surface area contributed by atoms with Crippen LogP contribution in [-0.2, 0) is 60.4 Å². The fraction of sp³-hybridized carbons (Fsp3) is 0.588. The monoisotopic (exact) mass is 610 g/mol. The van der Waals surface area contributed by atoms with Gasteiger partial charge in [0, 0.05) is 0 Å². The van der Waals surface area contributed by atoms with E-state index in [0.29, 0.717) is 12.8 Å². The molecule has 4 atom stereocenters. The zero-order valence-electron chi connectivity index (χ0n) is 26.5. The smallest absolute Gasteiger partial charge is 0.337 e. The second kappa shape index (κ2) is 13.2. The number of carbonyl (C=O) groups excluding carboxylic acids is 4. The highest BCUT2D eigenvalue weighted by atomic mass is 16.6. The lowest BCUT2D eigenvalue weighted by Crippen LogP contribution is -2.26. The SMILES string of the molecule is CCCCCCc1c2c(c(CCCCCC)c3c1C1OC3C(C(=O)OC)=C1C(=O)OC)C1OC2C(C(=O)OC)=C1C(=O)OC. The van der Waals surface area contributed by atoms with Crippen molar-refractivity contribution < 1.29 is 47.6 Å². The zero-order chi connectivity index (χ0) is 31.7. The third-order valence-corrected chi connectivity index (χ3v) is 9.28. The average molecular weight is 611 g/mol. The second-order valence-corrected chi connectivity index (χ2v) is 11.6. The van der Waals surface area contributed by atoms with E-state index in [0.717, 1.165) is 84.7 Å². The summed E-state index contributed by atoms with van der Waals surface area (Å²) in [5.74, 6) is -2.59. The summed E-state index contributed by atoms with van der Waals surface area (Å²) in [5, 5.41) is 0. The number of methoxy groups -OCH3 is 4. The van der Waals surface area contributed by atoms with Crippen molar-refractivity contribution in [2.24, 2.45) is 0 Å². The van der Waals surface area contributed by atoms with Crippen LogP contribution in [0.15, 0.2) is 22.3 Å². The van der Waals surface area contributed by atoms with Gasteiger partial charge in [0.05, 0.1) is 50.7 Å². The van der Waals surface area contributed by atoms with Gasteiger partial charge in [0.15, 0.2) is 0 Å². The molecule has 1 aromatic carbocycles. The van der Waals surface area contributed by atoms with E-state index in [-0.39, 0.29) is 22.3 Å². The van der Waals surface area contributed by atoms with Crippen molar-refractivity contribution >= 4 is 23.9 Å². The predicted molar refractivity (Wildman–Crippen MR) is 157 cm³/mol. The van der Waals surface area contributed by atoms with Gasteiger partial charge in [0.1, 0.15) is 24.4 Å². The molecular formula is C34H42O10. The maximum absolute atomic E-state index is 13.2. The molecule has 10 heteroatoms. The van der Waals surface area contributed by atoms with E-state index < -0.39 is 48.3 Å². The molecule has 0 spiro atoms.